The molecule has 5 rings (SSSR count). The average molecular weight is 429 g/mol. The van der Waals surface area contributed by atoms with Crippen LogP contribution in [0.15, 0.2) is 60.8 Å². The monoisotopic (exact) mass is 429 g/mol. The SMILES string of the molecule is CNc1cc(C(Cc2c[nH]c3ccccc23)NC(=O)c2cccc(F)c2)nc(C2CC2)n1. The number of rotatable bonds is 7. The first-order valence-electron chi connectivity index (χ1n) is 10.8. The lowest BCUT2D eigenvalue weighted by Gasteiger charge is -2.20. The predicted octanol–water partition coefficient (Wildman–Crippen LogP) is 4.73. The first kappa shape index (κ1) is 20.2. The fourth-order valence-electron chi connectivity index (χ4n) is 3.94. The van der Waals surface area contributed by atoms with E-state index in [1.165, 1.54) is 18.2 Å². The molecule has 1 saturated carbocycles. The normalized spacial score (nSPS) is 14.3. The molecular formula is C25H24FN5O. The molecule has 1 amide bonds. The summed E-state index contributed by atoms with van der Waals surface area (Å²) in [6.45, 7) is 0. The van der Waals surface area contributed by atoms with Crippen LogP contribution >= 0.6 is 0 Å². The van der Waals surface area contributed by atoms with E-state index in [-0.39, 0.29) is 11.5 Å². The number of halogens is 1. The van der Waals surface area contributed by atoms with Gasteiger partial charge in [0.05, 0.1) is 11.7 Å². The van der Waals surface area contributed by atoms with Gasteiger partial charge >= 0.3 is 0 Å². The summed E-state index contributed by atoms with van der Waals surface area (Å²) in [4.78, 5) is 25.7. The maximum Gasteiger partial charge on any atom is 0.251 e. The number of para-hydroxylation sites is 1. The molecule has 7 heteroatoms. The molecule has 1 unspecified atom stereocenters. The summed E-state index contributed by atoms with van der Waals surface area (Å²) in [5.74, 6) is 1.11. The van der Waals surface area contributed by atoms with Crippen molar-refractivity contribution in [3.05, 3.63) is 89.3 Å². The van der Waals surface area contributed by atoms with Gasteiger partial charge in [-0.25, -0.2) is 14.4 Å². The van der Waals surface area contributed by atoms with E-state index in [1.807, 2.05) is 37.5 Å². The summed E-state index contributed by atoms with van der Waals surface area (Å²) in [7, 11) is 1.82. The quantitative estimate of drug-likeness (QED) is 0.397. The van der Waals surface area contributed by atoms with Crippen LogP contribution in [0.4, 0.5) is 10.2 Å². The van der Waals surface area contributed by atoms with Gasteiger partial charge in [-0.3, -0.25) is 4.79 Å². The number of anilines is 1. The second-order valence-corrected chi connectivity index (χ2v) is 8.16. The van der Waals surface area contributed by atoms with Crippen molar-refractivity contribution in [2.75, 3.05) is 12.4 Å². The van der Waals surface area contributed by atoms with Gasteiger partial charge in [-0.05, 0) is 42.7 Å². The van der Waals surface area contributed by atoms with Crippen molar-refractivity contribution in [3.63, 3.8) is 0 Å². The molecule has 2 heterocycles. The molecule has 2 aromatic carbocycles. The highest BCUT2D eigenvalue weighted by Crippen LogP contribution is 2.39. The highest BCUT2D eigenvalue weighted by molar-refractivity contribution is 5.94. The second kappa shape index (κ2) is 8.42. The van der Waals surface area contributed by atoms with Gasteiger partial charge in [-0.2, -0.15) is 0 Å². The number of aromatic nitrogens is 3. The molecule has 3 N–H and O–H groups in total. The summed E-state index contributed by atoms with van der Waals surface area (Å²) in [6.07, 6.45) is 4.66. The fraction of sp³-hybridized carbons (Fsp3) is 0.240. The Balaban J connectivity index is 1.52. The minimum Gasteiger partial charge on any atom is -0.373 e. The molecule has 162 valence electrons. The molecule has 0 spiro atoms. The number of fused-ring (bicyclic) bond motifs is 1. The molecule has 0 radical (unpaired) electrons. The molecule has 32 heavy (non-hydrogen) atoms. The molecule has 4 aromatic rings. The van der Waals surface area contributed by atoms with Gasteiger partial charge in [-0.1, -0.05) is 24.3 Å². The molecule has 1 aliphatic carbocycles. The van der Waals surface area contributed by atoms with Crippen LogP contribution < -0.4 is 10.6 Å². The van der Waals surface area contributed by atoms with Crippen LogP contribution in [0.2, 0.25) is 0 Å². The highest BCUT2D eigenvalue weighted by atomic mass is 19.1. The Kier molecular flexibility index (Phi) is 5.31. The van der Waals surface area contributed by atoms with Gasteiger partial charge in [0.2, 0.25) is 0 Å². The standard InChI is InChI=1S/C25H24FN5O/c1-27-23-13-22(29-24(31-23)15-9-10-15)21(30-25(32)16-5-4-6-18(26)11-16)12-17-14-28-20-8-3-2-7-19(17)20/h2-8,11,13-15,21,28H,9-10,12H2,1H3,(H,30,32)(H,27,29,31). The lowest BCUT2D eigenvalue weighted by atomic mass is 10.0. The van der Waals surface area contributed by atoms with Gasteiger partial charge < -0.3 is 15.6 Å². The number of nitrogens with zero attached hydrogens (tertiary/aromatic N) is 2. The Morgan fingerprint density at radius 1 is 1.16 bits per heavy atom. The van der Waals surface area contributed by atoms with E-state index in [1.54, 1.807) is 6.07 Å². The maximum atomic E-state index is 13.7. The molecule has 1 aliphatic rings. The minimum atomic E-state index is -0.443. The number of carbonyl (C=O) groups excluding carboxylic acids is 1. The Bertz CT molecular complexity index is 1280. The topological polar surface area (TPSA) is 82.7 Å². The number of aromatic amines is 1. The number of hydrogen-bond donors (Lipinski definition) is 3. The zero-order chi connectivity index (χ0) is 22.1. The van der Waals surface area contributed by atoms with Gasteiger partial charge in [0.1, 0.15) is 17.5 Å². The molecule has 0 saturated heterocycles. The zero-order valence-corrected chi connectivity index (χ0v) is 17.7. The maximum absolute atomic E-state index is 13.7. The average Bonchev–Trinajstić information content (AvgIpc) is 3.59. The molecule has 0 bridgehead atoms. The van der Waals surface area contributed by atoms with Crippen molar-refractivity contribution in [3.8, 4) is 0 Å². The van der Waals surface area contributed by atoms with Crippen LogP contribution in [-0.2, 0) is 6.42 Å². The molecular weight excluding hydrogens is 405 g/mol. The number of nitrogens with one attached hydrogen (secondary N) is 3. The van der Waals surface area contributed by atoms with Crippen molar-refractivity contribution in [1.29, 1.82) is 0 Å². The third kappa shape index (κ3) is 4.19. The summed E-state index contributed by atoms with van der Waals surface area (Å²) in [5, 5.41) is 7.29. The van der Waals surface area contributed by atoms with Crippen LogP contribution in [-0.4, -0.2) is 27.9 Å². The third-order valence-corrected chi connectivity index (χ3v) is 5.81. The number of amides is 1. The van der Waals surface area contributed by atoms with Crippen molar-refractivity contribution in [2.45, 2.75) is 31.2 Å². The summed E-state index contributed by atoms with van der Waals surface area (Å²) >= 11 is 0. The lowest BCUT2D eigenvalue weighted by molar-refractivity contribution is 0.0935. The Hall–Kier alpha value is -3.74. The van der Waals surface area contributed by atoms with Crippen molar-refractivity contribution >= 4 is 22.6 Å². The van der Waals surface area contributed by atoms with E-state index < -0.39 is 11.9 Å². The van der Waals surface area contributed by atoms with Crippen LogP contribution in [0.1, 0.15) is 52.2 Å². The predicted molar refractivity (Wildman–Crippen MR) is 122 cm³/mol. The van der Waals surface area contributed by atoms with Crippen LogP contribution in [0.5, 0.6) is 0 Å². The second-order valence-electron chi connectivity index (χ2n) is 8.16. The minimum absolute atomic E-state index is 0.277. The zero-order valence-electron chi connectivity index (χ0n) is 17.7. The van der Waals surface area contributed by atoms with Crippen LogP contribution in [0.3, 0.4) is 0 Å². The molecule has 6 nitrogen and oxygen atoms in total. The molecule has 1 fully saturated rings. The van der Waals surface area contributed by atoms with Gasteiger partial charge in [-0.15, -0.1) is 0 Å². The number of hydrogen-bond acceptors (Lipinski definition) is 4. The van der Waals surface area contributed by atoms with Crippen LogP contribution in [0.25, 0.3) is 10.9 Å². The Labute approximate surface area is 185 Å². The number of H-pyrrole nitrogens is 1. The first-order chi connectivity index (χ1) is 15.6. The van der Waals surface area contributed by atoms with E-state index in [0.717, 1.165) is 46.6 Å². The lowest BCUT2D eigenvalue weighted by Crippen LogP contribution is -2.31. The van der Waals surface area contributed by atoms with Crippen molar-refractivity contribution < 1.29 is 9.18 Å². The van der Waals surface area contributed by atoms with Crippen molar-refractivity contribution in [1.82, 2.24) is 20.3 Å². The summed E-state index contributed by atoms with van der Waals surface area (Å²) in [5.41, 5.74) is 3.12. The van der Waals surface area contributed by atoms with E-state index in [0.29, 0.717) is 12.3 Å². The smallest absolute Gasteiger partial charge is 0.251 e. The van der Waals surface area contributed by atoms with Crippen molar-refractivity contribution in [2.24, 2.45) is 0 Å². The van der Waals surface area contributed by atoms with Gasteiger partial charge in [0, 0.05) is 48.1 Å². The van der Waals surface area contributed by atoms with Gasteiger partial charge in [0.15, 0.2) is 0 Å². The van der Waals surface area contributed by atoms with Crippen LogP contribution in [0, 0.1) is 5.82 Å². The summed E-state index contributed by atoms with van der Waals surface area (Å²) < 4.78 is 13.7. The number of carbonyl (C=O) groups is 1. The van der Waals surface area contributed by atoms with E-state index in [9.17, 15) is 9.18 Å². The molecule has 1 atom stereocenters. The molecule has 2 aromatic heterocycles. The van der Waals surface area contributed by atoms with E-state index in [4.69, 9.17) is 4.98 Å². The van der Waals surface area contributed by atoms with E-state index in [2.05, 4.69) is 26.7 Å². The van der Waals surface area contributed by atoms with Gasteiger partial charge in [0.25, 0.3) is 5.91 Å². The summed E-state index contributed by atoms with van der Waals surface area (Å²) in [6, 6.07) is 15.2. The largest absolute Gasteiger partial charge is 0.373 e. The van der Waals surface area contributed by atoms with E-state index >= 15 is 0 Å². The highest BCUT2D eigenvalue weighted by Gasteiger charge is 2.29. The Morgan fingerprint density at radius 2 is 2.00 bits per heavy atom. The third-order valence-electron chi connectivity index (χ3n) is 5.81. The molecule has 0 aliphatic heterocycles. The fourth-order valence-corrected chi connectivity index (χ4v) is 3.94. The Morgan fingerprint density at radius 3 is 2.78 bits per heavy atom. The number of benzene rings is 2. The first-order valence-corrected chi connectivity index (χ1v) is 10.8.